The third-order valence-electron chi connectivity index (χ3n) is 3.74. The van der Waals surface area contributed by atoms with Crippen molar-refractivity contribution in [2.24, 2.45) is 0 Å². The molecule has 0 amide bonds. The van der Waals surface area contributed by atoms with E-state index in [1.54, 1.807) is 22.7 Å². The lowest BCUT2D eigenvalue weighted by molar-refractivity contribution is 0.941. The maximum Gasteiger partial charge on any atom is 0.128 e. The largest absolute Gasteiger partial charge is 0.157 e. The monoisotopic (exact) mass is 280 g/mol. The SMILES string of the molecule is [B]c1cc(C2=C(c3cc([B])sc3C)CCC2)c(C)s1. The van der Waals surface area contributed by atoms with E-state index in [1.807, 2.05) is 0 Å². The first-order chi connectivity index (χ1) is 9.06. The van der Waals surface area contributed by atoms with Crippen molar-refractivity contribution in [2.75, 3.05) is 0 Å². The summed E-state index contributed by atoms with van der Waals surface area (Å²) in [5, 5.41) is 0. The van der Waals surface area contributed by atoms with Gasteiger partial charge in [0, 0.05) is 9.75 Å². The summed E-state index contributed by atoms with van der Waals surface area (Å²) in [4.78, 5) is 2.65. The minimum Gasteiger partial charge on any atom is -0.157 e. The number of thiophene rings is 2. The zero-order valence-electron chi connectivity index (χ0n) is 11.2. The summed E-state index contributed by atoms with van der Waals surface area (Å²) in [6.45, 7) is 4.32. The predicted octanol–water partition coefficient (Wildman–Crippen LogP) is 3.11. The van der Waals surface area contributed by atoms with E-state index >= 15 is 0 Å². The van der Waals surface area contributed by atoms with E-state index in [0.717, 1.165) is 22.4 Å². The summed E-state index contributed by atoms with van der Waals surface area (Å²) in [6.07, 6.45) is 3.54. The Kier molecular flexibility index (Phi) is 3.48. The van der Waals surface area contributed by atoms with Gasteiger partial charge in [0.05, 0.1) is 0 Å². The van der Waals surface area contributed by atoms with Crippen molar-refractivity contribution in [3.63, 3.8) is 0 Å². The van der Waals surface area contributed by atoms with Crippen molar-refractivity contribution < 1.29 is 0 Å². The van der Waals surface area contributed by atoms with Crippen molar-refractivity contribution >= 4 is 59.1 Å². The summed E-state index contributed by atoms with van der Waals surface area (Å²) >= 11 is 3.37. The van der Waals surface area contributed by atoms with Gasteiger partial charge in [-0.05, 0) is 64.9 Å². The topological polar surface area (TPSA) is 0 Å². The van der Waals surface area contributed by atoms with Gasteiger partial charge in [0.15, 0.2) is 0 Å². The molecular formula is C15H14B2S2. The Bertz CT molecular complexity index is 605. The average molecular weight is 280 g/mol. The predicted molar refractivity (Wildman–Crippen MR) is 89.6 cm³/mol. The van der Waals surface area contributed by atoms with E-state index in [2.05, 4.69) is 26.0 Å². The highest BCUT2D eigenvalue weighted by Crippen LogP contribution is 2.42. The minimum absolute atomic E-state index is 0.910. The molecule has 0 aliphatic heterocycles. The molecule has 0 atom stereocenters. The van der Waals surface area contributed by atoms with Gasteiger partial charge < -0.3 is 0 Å². The number of allylic oxidation sites excluding steroid dienone is 2. The summed E-state index contributed by atoms with van der Waals surface area (Å²) in [5.41, 5.74) is 5.65. The van der Waals surface area contributed by atoms with Gasteiger partial charge in [-0.25, -0.2) is 0 Å². The van der Waals surface area contributed by atoms with E-state index in [0.29, 0.717) is 0 Å². The molecule has 92 valence electrons. The van der Waals surface area contributed by atoms with Crippen LogP contribution in [0.25, 0.3) is 11.1 Å². The Morgan fingerprint density at radius 2 is 1.26 bits per heavy atom. The van der Waals surface area contributed by atoms with Crippen molar-refractivity contribution in [1.29, 1.82) is 0 Å². The molecule has 0 saturated carbocycles. The lowest BCUT2D eigenvalue weighted by atomic mass is 9.95. The zero-order valence-corrected chi connectivity index (χ0v) is 12.9. The molecule has 0 bridgehead atoms. The lowest BCUT2D eigenvalue weighted by Gasteiger charge is -2.07. The Balaban J connectivity index is 2.15. The van der Waals surface area contributed by atoms with Crippen LogP contribution >= 0.6 is 22.7 Å². The van der Waals surface area contributed by atoms with Gasteiger partial charge >= 0.3 is 0 Å². The van der Waals surface area contributed by atoms with Crippen molar-refractivity contribution in [1.82, 2.24) is 0 Å². The third-order valence-corrected chi connectivity index (χ3v) is 5.50. The number of rotatable bonds is 2. The zero-order chi connectivity index (χ0) is 13.6. The number of aryl methyl sites for hydroxylation is 2. The molecule has 1 aliphatic rings. The van der Waals surface area contributed by atoms with Crippen LogP contribution in [0.15, 0.2) is 12.1 Å². The van der Waals surface area contributed by atoms with E-state index in [4.69, 9.17) is 15.7 Å². The maximum atomic E-state index is 5.94. The van der Waals surface area contributed by atoms with E-state index in [9.17, 15) is 0 Å². The molecular weight excluding hydrogens is 266 g/mol. The van der Waals surface area contributed by atoms with Gasteiger partial charge in [0.1, 0.15) is 15.7 Å². The molecule has 1 aliphatic carbocycles. The summed E-state index contributed by atoms with van der Waals surface area (Å²) in [5.74, 6) is 0. The highest BCUT2D eigenvalue weighted by Gasteiger charge is 2.21. The van der Waals surface area contributed by atoms with E-state index in [-0.39, 0.29) is 0 Å². The van der Waals surface area contributed by atoms with Crippen LogP contribution in [0.5, 0.6) is 0 Å². The first kappa shape index (κ1) is 13.3. The van der Waals surface area contributed by atoms with Crippen LogP contribution in [-0.2, 0) is 0 Å². The van der Waals surface area contributed by atoms with E-state index < -0.39 is 0 Å². The van der Waals surface area contributed by atoms with Crippen LogP contribution in [0.3, 0.4) is 0 Å². The third kappa shape index (κ3) is 2.36. The van der Waals surface area contributed by atoms with E-state index in [1.165, 1.54) is 38.4 Å². The van der Waals surface area contributed by atoms with Crippen LogP contribution in [0.1, 0.15) is 40.1 Å². The number of hydrogen-bond acceptors (Lipinski definition) is 2. The average Bonchev–Trinajstić information content (AvgIpc) is 2.98. The maximum absolute atomic E-state index is 5.94. The quantitative estimate of drug-likeness (QED) is 0.741. The van der Waals surface area contributed by atoms with Crippen molar-refractivity contribution in [2.45, 2.75) is 33.1 Å². The summed E-state index contributed by atoms with van der Waals surface area (Å²) in [6, 6.07) is 4.26. The second kappa shape index (κ2) is 4.99. The fourth-order valence-corrected chi connectivity index (χ4v) is 4.59. The first-order valence-electron chi connectivity index (χ1n) is 6.51. The molecule has 2 heterocycles. The lowest BCUT2D eigenvalue weighted by Crippen LogP contribution is -1.93. The molecule has 0 N–H and O–H groups in total. The Hall–Kier alpha value is -0.730. The number of hydrogen-bond donors (Lipinski definition) is 0. The Morgan fingerprint density at radius 3 is 1.58 bits per heavy atom. The molecule has 2 aromatic rings. The molecule has 0 spiro atoms. The summed E-state index contributed by atoms with van der Waals surface area (Å²) < 4.78 is 1.82. The molecule has 0 unspecified atom stereocenters. The molecule has 0 nitrogen and oxygen atoms in total. The molecule has 3 rings (SSSR count). The normalized spacial score (nSPS) is 15.5. The Labute approximate surface area is 125 Å². The van der Waals surface area contributed by atoms with Crippen molar-refractivity contribution in [3.8, 4) is 0 Å². The molecule has 0 aromatic carbocycles. The molecule has 4 heteroatoms. The van der Waals surface area contributed by atoms with Gasteiger partial charge in [0.25, 0.3) is 0 Å². The highest BCUT2D eigenvalue weighted by molar-refractivity contribution is 7.20. The van der Waals surface area contributed by atoms with Crippen LogP contribution in [0.2, 0.25) is 0 Å². The van der Waals surface area contributed by atoms with Crippen LogP contribution in [-0.4, -0.2) is 15.7 Å². The second-order valence-electron chi connectivity index (χ2n) is 5.05. The standard InChI is InChI=1S/C15H14B2S2/c1-8-12(6-14(16)18-8)10-4-3-5-11(10)13-7-15(17)19-9(13)2/h6-7H,3-5H2,1-2H3. The smallest absolute Gasteiger partial charge is 0.128 e. The van der Waals surface area contributed by atoms with Crippen LogP contribution in [0.4, 0.5) is 0 Å². The molecule has 4 radical (unpaired) electrons. The van der Waals surface area contributed by atoms with Gasteiger partial charge in [0.2, 0.25) is 0 Å². The molecule has 0 saturated heterocycles. The van der Waals surface area contributed by atoms with Gasteiger partial charge in [-0.3, -0.25) is 0 Å². The van der Waals surface area contributed by atoms with Gasteiger partial charge in [-0.1, -0.05) is 12.1 Å². The fraction of sp³-hybridized carbons (Fsp3) is 0.333. The minimum atomic E-state index is 0.910. The Morgan fingerprint density at radius 1 is 0.842 bits per heavy atom. The van der Waals surface area contributed by atoms with Crippen LogP contribution in [0, 0.1) is 13.8 Å². The molecule has 19 heavy (non-hydrogen) atoms. The summed E-state index contributed by atoms with van der Waals surface area (Å²) in [7, 11) is 11.9. The highest BCUT2D eigenvalue weighted by atomic mass is 32.1. The van der Waals surface area contributed by atoms with Crippen molar-refractivity contribution in [3.05, 3.63) is 33.0 Å². The first-order valence-corrected chi connectivity index (χ1v) is 8.14. The molecule has 2 aromatic heterocycles. The van der Waals surface area contributed by atoms with Gasteiger partial charge in [-0.2, -0.15) is 22.7 Å². The fourth-order valence-electron chi connectivity index (χ4n) is 2.95. The van der Waals surface area contributed by atoms with Gasteiger partial charge in [-0.15, -0.1) is 0 Å². The second-order valence-corrected chi connectivity index (χ2v) is 7.62. The van der Waals surface area contributed by atoms with Crippen LogP contribution < -0.4 is 9.55 Å². The molecule has 0 fully saturated rings.